The lowest BCUT2D eigenvalue weighted by atomic mass is 10.2. The summed E-state index contributed by atoms with van der Waals surface area (Å²) in [6.45, 7) is -0.546. The second-order valence-electron chi connectivity index (χ2n) is 1.89. The highest BCUT2D eigenvalue weighted by atomic mass is 19.4. The van der Waals surface area contributed by atoms with Crippen molar-refractivity contribution >= 4 is 0 Å². The SMILES string of the molecule is [N-]=[N+]=NC[C@@H](O)CC(F)(F)F. The molecule has 11 heavy (non-hydrogen) atoms. The van der Waals surface area contributed by atoms with Gasteiger partial charge in [0.25, 0.3) is 0 Å². The Bertz CT molecular complexity index is 162. The Morgan fingerprint density at radius 1 is 1.55 bits per heavy atom. The van der Waals surface area contributed by atoms with Crippen LogP contribution in [0.3, 0.4) is 0 Å². The third-order valence-electron chi connectivity index (χ3n) is 0.823. The van der Waals surface area contributed by atoms with E-state index in [1.165, 1.54) is 0 Å². The van der Waals surface area contributed by atoms with E-state index >= 15 is 0 Å². The van der Waals surface area contributed by atoms with Crippen molar-refractivity contribution in [2.75, 3.05) is 6.54 Å². The summed E-state index contributed by atoms with van der Waals surface area (Å²) < 4.78 is 34.3. The summed E-state index contributed by atoms with van der Waals surface area (Å²) in [7, 11) is 0. The average Bonchev–Trinajstić information content (AvgIpc) is 1.79. The molecule has 0 aliphatic rings. The quantitative estimate of drug-likeness (QED) is 0.389. The van der Waals surface area contributed by atoms with Crippen LogP contribution in [-0.4, -0.2) is 23.9 Å². The van der Waals surface area contributed by atoms with Crippen LogP contribution >= 0.6 is 0 Å². The van der Waals surface area contributed by atoms with E-state index in [2.05, 4.69) is 10.0 Å². The topological polar surface area (TPSA) is 69.0 Å². The maximum absolute atomic E-state index is 11.4. The molecule has 64 valence electrons. The highest BCUT2D eigenvalue weighted by Gasteiger charge is 2.30. The van der Waals surface area contributed by atoms with E-state index in [0.717, 1.165) is 0 Å². The molecule has 7 heteroatoms. The molecule has 1 N–H and O–H groups in total. The Labute approximate surface area is 60.3 Å². The third-order valence-corrected chi connectivity index (χ3v) is 0.823. The molecule has 0 aliphatic carbocycles. The third kappa shape index (κ3) is 6.95. The van der Waals surface area contributed by atoms with Gasteiger partial charge in [0, 0.05) is 4.91 Å². The Hall–Kier alpha value is -0.940. The number of nitrogens with zero attached hydrogens (tertiary/aromatic N) is 3. The summed E-state index contributed by atoms with van der Waals surface area (Å²) in [6, 6.07) is 0. The van der Waals surface area contributed by atoms with E-state index in [1.54, 1.807) is 0 Å². The van der Waals surface area contributed by atoms with Crippen LogP contribution in [0.1, 0.15) is 6.42 Å². The van der Waals surface area contributed by atoms with Gasteiger partial charge >= 0.3 is 6.18 Å². The number of hydrogen-bond donors (Lipinski definition) is 1. The van der Waals surface area contributed by atoms with Crippen molar-refractivity contribution in [2.24, 2.45) is 5.11 Å². The first-order valence-corrected chi connectivity index (χ1v) is 2.71. The van der Waals surface area contributed by atoms with Crippen molar-refractivity contribution in [1.82, 2.24) is 0 Å². The molecule has 0 fully saturated rings. The van der Waals surface area contributed by atoms with Crippen molar-refractivity contribution in [1.29, 1.82) is 0 Å². The molecule has 0 saturated heterocycles. The second-order valence-corrected chi connectivity index (χ2v) is 1.89. The van der Waals surface area contributed by atoms with Crippen LogP contribution in [0.25, 0.3) is 10.4 Å². The summed E-state index contributed by atoms with van der Waals surface area (Å²) in [4.78, 5) is 2.20. The summed E-state index contributed by atoms with van der Waals surface area (Å²) in [5.41, 5.74) is 7.68. The van der Waals surface area contributed by atoms with Gasteiger partial charge in [0.05, 0.1) is 19.1 Å². The lowest BCUT2D eigenvalue weighted by Crippen LogP contribution is -2.21. The fourth-order valence-electron chi connectivity index (χ4n) is 0.462. The predicted octanol–water partition coefficient (Wildman–Crippen LogP) is 1.61. The molecule has 0 aromatic carbocycles. The van der Waals surface area contributed by atoms with E-state index in [4.69, 9.17) is 10.6 Å². The number of aliphatic hydroxyl groups excluding tert-OH is 1. The van der Waals surface area contributed by atoms with E-state index in [1.807, 2.05) is 0 Å². The first-order chi connectivity index (χ1) is 4.95. The number of halogens is 3. The summed E-state index contributed by atoms with van der Waals surface area (Å²) in [5.74, 6) is 0. The standard InChI is InChI=1S/C4H6F3N3O/c5-4(6,7)1-3(11)2-9-10-8/h3,11H,1-2H2/t3-/m0/s1. The minimum absolute atomic E-state index is 0.546. The zero-order valence-electron chi connectivity index (χ0n) is 5.41. The Morgan fingerprint density at radius 2 is 2.09 bits per heavy atom. The molecule has 0 unspecified atom stereocenters. The van der Waals surface area contributed by atoms with E-state index in [0.29, 0.717) is 0 Å². The Morgan fingerprint density at radius 3 is 2.45 bits per heavy atom. The van der Waals surface area contributed by atoms with Crippen LogP contribution in [0.4, 0.5) is 13.2 Å². The van der Waals surface area contributed by atoms with Crippen LogP contribution < -0.4 is 0 Å². The lowest BCUT2D eigenvalue weighted by Gasteiger charge is -2.09. The summed E-state index contributed by atoms with van der Waals surface area (Å²) in [6.07, 6.45) is -7.39. The number of rotatable bonds is 3. The van der Waals surface area contributed by atoms with Gasteiger partial charge in [-0.2, -0.15) is 13.2 Å². The first kappa shape index (κ1) is 10.1. The van der Waals surface area contributed by atoms with Gasteiger partial charge in [0.15, 0.2) is 0 Å². The molecule has 0 spiro atoms. The molecule has 0 rings (SSSR count). The van der Waals surface area contributed by atoms with Crippen molar-refractivity contribution in [3.63, 3.8) is 0 Å². The molecule has 0 aromatic heterocycles. The van der Waals surface area contributed by atoms with Gasteiger partial charge in [0.1, 0.15) is 0 Å². The first-order valence-electron chi connectivity index (χ1n) is 2.71. The minimum Gasteiger partial charge on any atom is -0.393 e. The van der Waals surface area contributed by atoms with Crippen molar-refractivity contribution < 1.29 is 18.3 Å². The maximum Gasteiger partial charge on any atom is 0.391 e. The molecular weight excluding hydrogens is 163 g/mol. The Balaban J connectivity index is 3.69. The molecule has 1 atom stereocenters. The highest BCUT2D eigenvalue weighted by molar-refractivity contribution is 4.64. The molecule has 0 saturated carbocycles. The predicted molar refractivity (Wildman–Crippen MR) is 30.7 cm³/mol. The molecule has 0 amide bonds. The van der Waals surface area contributed by atoms with Crippen LogP contribution in [0.2, 0.25) is 0 Å². The fraction of sp³-hybridized carbons (Fsp3) is 1.00. The number of aliphatic hydroxyl groups is 1. The second kappa shape index (κ2) is 4.05. The lowest BCUT2D eigenvalue weighted by molar-refractivity contribution is -0.152. The van der Waals surface area contributed by atoms with E-state index in [-0.39, 0.29) is 0 Å². The van der Waals surface area contributed by atoms with Crippen LogP contribution in [0.5, 0.6) is 0 Å². The zero-order valence-corrected chi connectivity index (χ0v) is 5.41. The molecule has 0 radical (unpaired) electrons. The smallest absolute Gasteiger partial charge is 0.391 e. The van der Waals surface area contributed by atoms with Gasteiger partial charge in [-0.15, -0.1) is 0 Å². The molecule has 0 aromatic rings. The van der Waals surface area contributed by atoms with E-state index < -0.39 is 25.2 Å². The summed E-state index contributed by atoms with van der Waals surface area (Å²) in [5, 5.41) is 11.3. The normalized spacial score (nSPS) is 13.8. The van der Waals surface area contributed by atoms with Gasteiger partial charge in [-0.1, -0.05) is 5.11 Å². The van der Waals surface area contributed by atoms with Gasteiger partial charge in [0.2, 0.25) is 0 Å². The van der Waals surface area contributed by atoms with Crippen molar-refractivity contribution in [3.8, 4) is 0 Å². The number of azide groups is 1. The maximum atomic E-state index is 11.4. The van der Waals surface area contributed by atoms with Gasteiger partial charge < -0.3 is 5.11 Å². The van der Waals surface area contributed by atoms with Crippen molar-refractivity contribution in [3.05, 3.63) is 10.4 Å². The molecule has 4 nitrogen and oxygen atoms in total. The minimum atomic E-state index is -4.41. The van der Waals surface area contributed by atoms with Crippen LogP contribution in [-0.2, 0) is 0 Å². The van der Waals surface area contributed by atoms with Gasteiger partial charge in [-0.05, 0) is 5.53 Å². The molecular formula is C4H6F3N3O. The van der Waals surface area contributed by atoms with Crippen LogP contribution in [0.15, 0.2) is 5.11 Å². The summed E-state index contributed by atoms with van der Waals surface area (Å²) >= 11 is 0. The molecule has 0 bridgehead atoms. The fourth-order valence-corrected chi connectivity index (χ4v) is 0.462. The Kier molecular flexibility index (Phi) is 3.70. The van der Waals surface area contributed by atoms with Gasteiger partial charge in [-0.3, -0.25) is 0 Å². The number of hydrogen-bond acceptors (Lipinski definition) is 2. The molecule has 0 aliphatic heterocycles. The zero-order chi connectivity index (χ0) is 8.91. The van der Waals surface area contributed by atoms with Gasteiger partial charge in [-0.25, -0.2) is 0 Å². The van der Waals surface area contributed by atoms with Crippen molar-refractivity contribution in [2.45, 2.75) is 18.7 Å². The molecule has 0 heterocycles. The van der Waals surface area contributed by atoms with E-state index in [9.17, 15) is 13.2 Å². The van der Waals surface area contributed by atoms with Crippen LogP contribution in [0, 0.1) is 0 Å². The highest BCUT2D eigenvalue weighted by Crippen LogP contribution is 2.21. The average molecular weight is 169 g/mol. The largest absolute Gasteiger partial charge is 0.393 e. The number of alkyl halides is 3. The monoisotopic (exact) mass is 169 g/mol.